The van der Waals surface area contributed by atoms with Crippen molar-refractivity contribution >= 4 is 17.2 Å². The maximum atomic E-state index is 12.6. The molecule has 0 spiro atoms. The van der Waals surface area contributed by atoms with Gasteiger partial charge in [0.2, 0.25) is 5.91 Å². The lowest BCUT2D eigenvalue weighted by Crippen LogP contribution is -2.37. The Morgan fingerprint density at radius 1 is 1.45 bits per heavy atom. The van der Waals surface area contributed by atoms with Crippen LogP contribution in [0.15, 0.2) is 34.3 Å². The molecule has 1 fully saturated rings. The first kappa shape index (κ1) is 19.8. The number of amides is 1. The molecule has 1 aliphatic rings. The monoisotopic (exact) mass is 414 g/mol. The normalized spacial score (nSPS) is 19.4. The number of rotatable bonds is 7. The molecule has 29 heavy (non-hydrogen) atoms. The topological polar surface area (TPSA) is 82.2 Å². The number of aryl methyl sites for hydroxylation is 1. The maximum Gasteiger partial charge on any atom is 0.223 e. The minimum Gasteiger partial charge on any atom is -0.381 e. The molecule has 3 aromatic rings. The van der Waals surface area contributed by atoms with Crippen molar-refractivity contribution in [3.8, 4) is 21.9 Å². The summed E-state index contributed by atoms with van der Waals surface area (Å²) in [7, 11) is 1.72. The van der Waals surface area contributed by atoms with Crippen molar-refractivity contribution < 1.29 is 14.1 Å². The molecular weight excluding hydrogens is 388 g/mol. The highest BCUT2D eigenvalue weighted by Gasteiger charge is 2.27. The molecule has 0 unspecified atom stereocenters. The van der Waals surface area contributed by atoms with Crippen molar-refractivity contribution in [2.45, 2.75) is 45.3 Å². The highest BCUT2D eigenvalue weighted by atomic mass is 32.1. The SMILES string of the molecule is CO[C@H]1CCC[C@H](C(=O)NCCn2ncc(-c3cc(C)no3)c2-c2cccs2)C1. The Morgan fingerprint density at radius 3 is 3.07 bits per heavy atom. The molecule has 7 nitrogen and oxygen atoms in total. The summed E-state index contributed by atoms with van der Waals surface area (Å²) in [4.78, 5) is 13.7. The number of aromatic nitrogens is 3. The molecule has 0 aromatic carbocycles. The summed E-state index contributed by atoms with van der Waals surface area (Å²) in [5.41, 5.74) is 2.73. The van der Waals surface area contributed by atoms with E-state index in [2.05, 4.69) is 21.6 Å². The van der Waals surface area contributed by atoms with Gasteiger partial charge in [-0.2, -0.15) is 5.10 Å². The summed E-state index contributed by atoms with van der Waals surface area (Å²) in [6, 6.07) is 6.00. The third kappa shape index (κ3) is 4.43. The molecule has 3 heterocycles. The summed E-state index contributed by atoms with van der Waals surface area (Å²) < 4.78 is 12.8. The van der Waals surface area contributed by atoms with E-state index in [0.29, 0.717) is 18.8 Å². The van der Waals surface area contributed by atoms with Crippen LogP contribution in [0.2, 0.25) is 0 Å². The molecule has 1 amide bonds. The molecule has 8 heteroatoms. The Morgan fingerprint density at radius 2 is 2.34 bits per heavy atom. The molecule has 0 saturated heterocycles. The van der Waals surface area contributed by atoms with E-state index in [1.165, 1.54) is 0 Å². The third-order valence-electron chi connectivity index (χ3n) is 5.44. The van der Waals surface area contributed by atoms with Gasteiger partial charge in [-0.3, -0.25) is 9.48 Å². The molecule has 1 saturated carbocycles. The summed E-state index contributed by atoms with van der Waals surface area (Å²) >= 11 is 1.65. The van der Waals surface area contributed by atoms with Crippen LogP contribution >= 0.6 is 11.3 Å². The summed E-state index contributed by atoms with van der Waals surface area (Å²) in [5.74, 6) is 0.854. The fraction of sp³-hybridized carbons (Fsp3) is 0.476. The van der Waals surface area contributed by atoms with E-state index in [1.54, 1.807) is 24.6 Å². The van der Waals surface area contributed by atoms with Crippen LogP contribution in [-0.4, -0.2) is 40.6 Å². The van der Waals surface area contributed by atoms with E-state index < -0.39 is 0 Å². The Balaban J connectivity index is 1.45. The number of carbonyl (C=O) groups is 1. The lowest BCUT2D eigenvalue weighted by Gasteiger charge is -2.27. The third-order valence-corrected chi connectivity index (χ3v) is 6.32. The average molecular weight is 415 g/mol. The molecule has 1 aliphatic carbocycles. The number of methoxy groups -OCH3 is 1. The minimum absolute atomic E-state index is 0.0378. The van der Waals surface area contributed by atoms with Crippen LogP contribution in [0, 0.1) is 12.8 Å². The number of hydrogen-bond acceptors (Lipinski definition) is 6. The quantitative estimate of drug-likeness (QED) is 0.634. The summed E-state index contributed by atoms with van der Waals surface area (Å²) in [5, 5.41) is 13.7. The first-order valence-electron chi connectivity index (χ1n) is 9.99. The molecule has 154 valence electrons. The first-order chi connectivity index (χ1) is 14.2. The van der Waals surface area contributed by atoms with E-state index in [1.807, 2.05) is 29.1 Å². The number of nitrogens with one attached hydrogen (secondary N) is 1. The zero-order valence-corrected chi connectivity index (χ0v) is 17.6. The van der Waals surface area contributed by atoms with E-state index >= 15 is 0 Å². The van der Waals surface area contributed by atoms with Gasteiger partial charge in [0.25, 0.3) is 0 Å². The highest BCUT2D eigenvalue weighted by Crippen LogP contribution is 2.35. The van der Waals surface area contributed by atoms with E-state index in [-0.39, 0.29) is 17.9 Å². The van der Waals surface area contributed by atoms with Crippen molar-refractivity contribution in [1.82, 2.24) is 20.3 Å². The van der Waals surface area contributed by atoms with Crippen LogP contribution in [-0.2, 0) is 16.1 Å². The van der Waals surface area contributed by atoms with Crippen molar-refractivity contribution in [3.05, 3.63) is 35.5 Å². The van der Waals surface area contributed by atoms with Gasteiger partial charge in [0, 0.05) is 25.6 Å². The predicted molar refractivity (Wildman–Crippen MR) is 112 cm³/mol. The van der Waals surface area contributed by atoms with Crippen molar-refractivity contribution in [2.24, 2.45) is 5.92 Å². The van der Waals surface area contributed by atoms with Crippen LogP contribution in [0.1, 0.15) is 31.4 Å². The average Bonchev–Trinajstić information content (AvgIpc) is 3.48. The maximum absolute atomic E-state index is 12.6. The van der Waals surface area contributed by atoms with Gasteiger partial charge in [0.05, 0.1) is 40.7 Å². The number of hydrogen-bond donors (Lipinski definition) is 1. The van der Waals surface area contributed by atoms with Gasteiger partial charge in [-0.1, -0.05) is 17.6 Å². The largest absolute Gasteiger partial charge is 0.381 e. The van der Waals surface area contributed by atoms with Crippen LogP contribution in [0.3, 0.4) is 0 Å². The van der Waals surface area contributed by atoms with Gasteiger partial charge < -0.3 is 14.6 Å². The van der Waals surface area contributed by atoms with Gasteiger partial charge in [0.15, 0.2) is 5.76 Å². The fourth-order valence-corrected chi connectivity index (χ4v) is 4.71. The van der Waals surface area contributed by atoms with Gasteiger partial charge >= 0.3 is 0 Å². The molecule has 4 rings (SSSR count). The van der Waals surface area contributed by atoms with Crippen molar-refractivity contribution in [1.29, 1.82) is 0 Å². The second-order valence-electron chi connectivity index (χ2n) is 7.45. The van der Waals surface area contributed by atoms with Crippen LogP contribution < -0.4 is 5.32 Å². The molecule has 1 N–H and O–H groups in total. The number of thiophene rings is 1. The Hall–Kier alpha value is -2.45. The molecular formula is C21H26N4O3S. The summed E-state index contributed by atoms with van der Waals surface area (Å²) in [6.07, 6.45) is 5.83. The Kier molecular flexibility index (Phi) is 6.10. The first-order valence-corrected chi connectivity index (χ1v) is 10.9. The lowest BCUT2D eigenvalue weighted by atomic mass is 9.86. The zero-order chi connectivity index (χ0) is 20.2. The fourth-order valence-electron chi connectivity index (χ4n) is 3.93. The number of nitrogens with zero attached hydrogens (tertiary/aromatic N) is 3. The second kappa shape index (κ2) is 8.92. The van der Waals surface area contributed by atoms with Crippen LogP contribution in [0.25, 0.3) is 21.9 Å². The van der Waals surface area contributed by atoms with Crippen molar-refractivity contribution in [3.63, 3.8) is 0 Å². The van der Waals surface area contributed by atoms with Crippen LogP contribution in [0.4, 0.5) is 0 Å². The molecule has 3 aromatic heterocycles. The highest BCUT2D eigenvalue weighted by molar-refractivity contribution is 7.13. The van der Waals surface area contributed by atoms with E-state index in [4.69, 9.17) is 9.26 Å². The zero-order valence-electron chi connectivity index (χ0n) is 16.8. The Labute approximate surface area is 174 Å². The second-order valence-corrected chi connectivity index (χ2v) is 8.40. The van der Waals surface area contributed by atoms with E-state index in [0.717, 1.165) is 47.5 Å². The smallest absolute Gasteiger partial charge is 0.223 e. The molecule has 0 bridgehead atoms. The molecule has 0 aliphatic heterocycles. The molecule has 0 radical (unpaired) electrons. The van der Waals surface area contributed by atoms with Gasteiger partial charge in [0.1, 0.15) is 0 Å². The summed E-state index contributed by atoms with van der Waals surface area (Å²) in [6.45, 7) is 3.02. The van der Waals surface area contributed by atoms with E-state index in [9.17, 15) is 4.79 Å². The number of carbonyl (C=O) groups excluding carboxylic acids is 1. The van der Waals surface area contributed by atoms with Gasteiger partial charge in [-0.05, 0) is 37.6 Å². The minimum atomic E-state index is 0.0378. The van der Waals surface area contributed by atoms with Gasteiger partial charge in [-0.25, -0.2) is 0 Å². The predicted octanol–water partition coefficient (Wildman–Crippen LogP) is 3.90. The van der Waals surface area contributed by atoms with Crippen LogP contribution in [0.5, 0.6) is 0 Å². The lowest BCUT2D eigenvalue weighted by molar-refractivity contribution is -0.127. The number of ether oxygens (including phenoxy) is 1. The Bertz CT molecular complexity index is 947. The van der Waals surface area contributed by atoms with Gasteiger partial charge in [-0.15, -0.1) is 11.3 Å². The molecule has 2 atom stereocenters. The van der Waals surface area contributed by atoms with Crippen molar-refractivity contribution in [2.75, 3.05) is 13.7 Å². The standard InChI is InChI=1S/C21H26N4O3S/c1-14-11-18(28-24-14)17-13-23-25(20(17)19-7-4-10-29-19)9-8-22-21(26)15-5-3-6-16(12-15)27-2/h4,7,10-11,13,15-16H,3,5-6,8-9,12H2,1-2H3,(H,22,26)/t15-,16-/m0/s1.